The normalized spacial score (nSPS) is 20.4. The van der Waals surface area contributed by atoms with Crippen molar-refractivity contribution in [2.45, 2.75) is 6.10 Å². The molecular formula is C9H10BrN3O. The Labute approximate surface area is 90.2 Å². The molecule has 1 aliphatic rings. The number of pyridine rings is 1. The number of hydrogen-bond donors (Lipinski definition) is 2. The van der Waals surface area contributed by atoms with E-state index in [0.29, 0.717) is 6.54 Å². The highest BCUT2D eigenvalue weighted by molar-refractivity contribution is 9.10. The van der Waals surface area contributed by atoms with Crippen molar-refractivity contribution in [3.8, 4) is 0 Å². The Bertz CT molecular complexity index is 350. The fourth-order valence-corrected chi connectivity index (χ4v) is 1.42. The van der Waals surface area contributed by atoms with Crippen LogP contribution >= 0.6 is 15.9 Å². The third-order valence-corrected chi connectivity index (χ3v) is 2.38. The zero-order valence-corrected chi connectivity index (χ0v) is 8.99. The molecule has 0 bridgehead atoms. The van der Waals surface area contributed by atoms with Gasteiger partial charge in [-0.1, -0.05) is 0 Å². The van der Waals surface area contributed by atoms with Crippen LogP contribution in [0.3, 0.4) is 0 Å². The molecule has 3 N–H and O–H groups in total. The average molecular weight is 256 g/mol. The maximum absolute atomic E-state index is 5.46. The molecule has 2 rings (SSSR count). The van der Waals surface area contributed by atoms with Crippen LogP contribution in [0.15, 0.2) is 28.9 Å². The second-order valence-electron chi connectivity index (χ2n) is 2.94. The Morgan fingerprint density at radius 1 is 1.57 bits per heavy atom. The van der Waals surface area contributed by atoms with Crippen molar-refractivity contribution in [1.29, 1.82) is 0 Å². The first-order valence-electron chi connectivity index (χ1n) is 4.25. The van der Waals surface area contributed by atoms with Gasteiger partial charge in [-0.15, -0.1) is 0 Å². The smallest absolute Gasteiger partial charge is 0.118 e. The predicted molar refractivity (Wildman–Crippen MR) is 57.0 cm³/mol. The van der Waals surface area contributed by atoms with E-state index >= 15 is 0 Å². The van der Waals surface area contributed by atoms with Crippen molar-refractivity contribution in [3.63, 3.8) is 0 Å². The molecule has 74 valence electrons. The highest BCUT2D eigenvalue weighted by atomic mass is 79.9. The second-order valence-corrected chi connectivity index (χ2v) is 3.85. The molecule has 0 aromatic carbocycles. The summed E-state index contributed by atoms with van der Waals surface area (Å²) < 4.78 is 0.955. The monoisotopic (exact) mass is 255 g/mol. The Morgan fingerprint density at radius 2 is 2.43 bits per heavy atom. The van der Waals surface area contributed by atoms with Gasteiger partial charge in [-0.25, -0.2) is 0 Å². The Kier molecular flexibility index (Phi) is 2.81. The van der Waals surface area contributed by atoms with Gasteiger partial charge in [-0.3, -0.25) is 15.3 Å². The fraction of sp³-hybridized carbons (Fsp3) is 0.222. The lowest BCUT2D eigenvalue weighted by Gasteiger charge is -2.03. The molecule has 0 spiro atoms. The zero-order chi connectivity index (χ0) is 9.97. The summed E-state index contributed by atoms with van der Waals surface area (Å²) in [6.07, 6.45) is 3.61. The molecular weight excluding hydrogens is 246 g/mol. The molecule has 0 saturated heterocycles. The highest BCUT2D eigenvalue weighted by Crippen LogP contribution is 2.17. The van der Waals surface area contributed by atoms with Gasteiger partial charge in [-0.05, 0) is 34.1 Å². The highest BCUT2D eigenvalue weighted by Gasteiger charge is 2.16. The van der Waals surface area contributed by atoms with E-state index in [1.807, 2.05) is 18.2 Å². The number of nitrogens with one attached hydrogen (secondary N) is 1. The minimum Gasteiger partial charge on any atom is -0.328 e. The van der Waals surface area contributed by atoms with Gasteiger partial charge >= 0.3 is 0 Å². The van der Waals surface area contributed by atoms with Gasteiger partial charge in [0, 0.05) is 17.2 Å². The number of nitrogens with zero attached hydrogens (tertiary/aromatic N) is 1. The first-order valence-corrected chi connectivity index (χ1v) is 5.04. The number of nitrogens with two attached hydrogens (primary N) is 1. The van der Waals surface area contributed by atoms with Gasteiger partial charge in [0.2, 0.25) is 0 Å². The van der Waals surface area contributed by atoms with Crippen molar-refractivity contribution in [2.24, 2.45) is 5.73 Å². The quantitative estimate of drug-likeness (QED) is 0.830. The van der Waals surface area contributed by atoms with Gasteiger partial charge in [0.1, 0.15) is 6.10 Å². The maximum atomic E-state index is 5.46. The molecule has 1 atom stereocenters. The van der Waals surface area contributed by atoms with Crippen LogP contribution in [0.25, 0.3) is 5.70 Å². The minimum atomic E-state index is -0.0598. The molecule has 2 heterocycles. The molecule has 0 aliphatic carbocycles. The van der Waals surface area contributed by atoms with Crippen LogP contribution in [0.5, 0.6) is 0 Å². The van der Waals surface area contributed by atoms with Crippen molar-refractivity contribution in [1.82, 2.24) is 10.5 Å². The van der Waals surface area contributed by atoms with Gasteiger partial charge in [0.25, 0.3) is 0 Å². The van der Waals surface area contributed by atoms with Gasteiger partial charge in [0.15, 0.2) is 0 Å². The van der Waals surface area contributed by atoms with Crippen molar-refractivity contribution in [3.05, 3.63) is 34.6 Å². The number of hydroxylamine groups is 1. The SMILES string of the molecule is NC[C@@H]1C=C(c2ccc(Br)cn2)NO1. The summed E-state index contributed by atoms with van der Waals surface area (Å²) in [4.78, 5) is 9.41. The molecule has 4 nitrogen and oxygen atoms in total. The molecule has 0 amide bonds. The van der Waals surface area contributed by atoms with Crippen molar-refractivity contribution < 1.29 is 4.84 Å². The topological polar surface area (TPSA) is 60.2 Å². The van der Waals surface area contributed by atoms with E-state index in [9.17, 15) is 0 Å². The third-order valence-electron chi connectivity index (χ3n) is 1.91. The number of hydrogen-bond acceptors (Lipinski definition) is 4. The number of halogens is 1. The summed E-state index contributed by atoms with van der Waals surface area (Å²) in [6, 6.07) is 3.84. The second kappa shape index (κ2) is 4.08. The molecule has 5 heteroatoms. The predicted octanol–water partition coefficient (Wildman–Crippen LogP) is 1.05. The lowest BCUT2D eigenvalue weighted by molar-refractivity contribution is 0.0566. The standard InChI is InChI=1S/C9H10BrN3O/c10-6-1-2-8(12-5-6)9-3-7(4-11)14-13-9/h1-3,5,7,13H,4,11H2/t7-/m0/s1. The van der Waals surface area contributed by atoms with Crippen molar-refractivity contribution in [2.75, 3.05) is 6.54 Å². The summed E-state index contributed by atoms with van der Waals surface area (Å²) in [5, 5.41) is 0. The summed E-state index contributed by atoms with van der Waals surface area (Å²) in [5.41, 5.74) is 9.98. The van der Waals surface area contributed by atoms with E-state index < -0.39 is 0 Å². The fourth-order valence-electron chi connectivity index (χ4n) is 1.18. The van der Waals surface area contributed by atoms with E-state index in [-0.39, 0.29) is 6.10 Å². The van der Waals surface area contributed by atoms with Crippen LogP contribution in [-0.2, 0) is 4.84 Å². The Hall–Kier alpha value is -0.910. The van der Waals surface area contributed by atoms with Crippen LogP contribution in [0.4, 0.5) is 0 Å². The first kappa shape index (κ1) is 9.64. The van der Waals surface area contributed by atoms with Crippen LogP contribution in [0, 0.1) is 0 Å². The lowest BCUT2D eigenvalue weighted by Crippen LogP contribution is -2.21. The summed E-state index contributed by atoms with van der Waals surface area (Å²) in [6.45, 7) is 0.465. The molecule has 0 saturated carbocycles. The summed E-state index contributed by atoms with van der Waals surface area (Å²) in [5.74, 6) is 0. The molecule has 1 aliphatic heterocycles. The van der Waals surface area contributed by atoms with Crippen molar-refractivity contribution >= 4 is 21.6 Å². The van der Waals surface area contributed by atoms with E-state index in [1.54, 1.807) is 6.20 Å². The van der Waals surface area contributed by atoms with Crippen LogP contribution in [0.1, 0.15) is 5.69 Å². The molecule has 0 unspecified atom stereocenters. The molecule has 14 heavy (non-hydrogen) atoms. The van der Waals surface area contributed by atoms with E-state index in [4.69, 9.17) is 10.6 Å². The average Bonchev–Trinajstić information content (AvgIpc) is 2.67. The Morgan fingerprint density at radius 3 is 3.00 bits per heavy atom. The Balaban J connectivity index is 2.20. The van der Waals surface area contributed by atoms with Crippen LogP contribution in [-0.4, -0.2) is 17.6 Å². The molecule has 0 radical (unpaired) electrons. The van der Waals surface area contributed by atoms with E-state index in [1.165, 1.54) is 0 Å². The van der Waals surface area contributed by atoms with Crippen LogP contribution in [0.2, 0.25) is 0 Å². The van der Waals surface area contributed by atoms with Gasteiger partial charge < -0.3 is 5.73 Å². The largest absolute Gasteiger partial charge is 0.328 e. The first-order chi connectivity index (χ1) is 6.79. The lowest BCUT2D eigenvalue weighted by atomic mass is 10.2. The molecule has 1 aromatic rings. The van der Waals surface area contributed by atoms with Crippen LogP contribution < -0.4 is 11.2 Å². The third kappa shape index (κ3) is 1.95. The zero-order valence-electron chi connectivity index (χ0n) is 7.40. The number of rotatable bonds is 2. The van der Waals surface area contributed by atoms with E-state index in [2.05, 4.69) is 26.4 Å². The van der Waals surface area contributed by atoms with Gasteiger partial charge in [0.05, 0.1) is 11.4 Å². The molecule has 1 aromatic heterocycles. The maximum Gasteiger partial charge on any atom is 0.118 e. The minimum absolute atomic E-state index is 0.0598. The summed E-state index contributed by atoms with van der Waals surface area (Å²) in [7, 11) is 0. The van der Waals surface area contributed by atoms with E-state index in [0.717, 1.165) is 15.9 Å². The summed E-state index contributed by atoms with van der Waals surface area (Å²) >= 11 is 3.33. The van der Waals surface area contributed by atoms with Gasteiger partial charge in [-0.2, -0.15) is 0 Å². The molecule has 0 fully saturated rings. The number of aromatic nitrogens is 1.